The maximum atomic E-state index is 4.36. The number of rotatable bonds is 4. The molecule has 3 nitrogen and oxygen atoms in total. The highest BCUT2D eigenvalue weighted by Crippen LogP contribution is 2.25. The van der Waals surface area contributed by atoms with Gasteiger partial charge in [0, 0.05) is 37.1 Å². The Balaban J connectivity index is 2.08. The van der Waals surface area contributed by atoms with Gasteiger partial charge in [-0.15, -0.1) is 0 Å². The molecule has 1 aromatic rings. The Morgan fingerprint density at radius 1 is 1.47 bits per heavy atom. The van der Waals surface area contributed by atoms with E-state index in [0.29, 0.717) is 6.04 Å². The molecule has 1 N–H and O–H groups in total. The molecule has 1 aromatic heterocycles. The molecule has 1 atom stereocenters. The van der Waals surface area contributed by atoms with Crippen LogP contribution in [0, 0.1) is 0 Å². The predicted molar refractivity (Wildman–Crippen MR) is 73.7 cm³/mol. The van der Waals surface area contributed by atoms with Crippen molar-refractivity contribution in [3.8, 4) is 0 Å². The Bertz CT molecular complexity index is 351. The molecule has 0 saturated carbocycles. The summed E-state index contributed by atoms with van der Waals surface area (Å²) in [6, 6.07) is 4.96. The van der Waals surface area contributed by atoms with Crippen molar-refractivity contribution in [1.29, 1.82) is 0 Å². The summed E-state index contributed by atoms with van der Waals surface area (Å²) in [6.07, 6.45) is 7.02. The van der Waals surface area contributed by atoms with Crippen LogP contribution in [0.4, 0.5) is 11.5 Å². The van der Waals surface area contributed by atoms with Gasteiger partial charge in [-0.05, 0) is 38.7 Å². The van der Waals surface area contributed by atoms with Gasteiger partial charge in [0.2, 0.25) is 0 Å². The number of hydrogen-bond donors (Lipinski definition) is 1. The van der Waals surface area contributed by atoms with Crippen LogP contribution >= 0.6 is 0 Å². The van der Waals surface area contributed by atoms with E-state index >= 15 is 0 Å². The van der Waals surface area contributed by atoms with Crippen molar-refractivity contribution in [3.05, 3.63) is 18.3 Å². The number of hydrogen-bond acceptors (Lipinski definition) is 3. The van der Waals surface area contributed by atoms with Gasteiger partial charge in [-0.3, -0.25) is 0 Å². The molecule has 0 spiro atoms. The fraction of sp³-hybridized carbons (Fsp3) is 0.643. The number of anilines is 2. The molecule has 1 aliphatic heterocycles. The van der Waals surface area contributed by atoms with E-state index in [0.717, 1.165) is 18.8 Å². The topological polar surface area (TPSA) is 28.2 Å². The second-order valence-electron chi connectivity index (χ2n) is 4.86. The highest BCUT2D eigenvalue weighted by atomic mass is 15.2. The Morgan fingerprint density at radius 2 is 2.35 bits per heavy atom. The van der Waals surface area contributed by atoms with Gasteiger partial charge in [0.25, 0.3) is 0 Å². The molecule has 94 valence electrons. The normalized spacial score (nSPS) is 20.4. The van der Waals surface area contributed by atoms with Crippen LogP contribution in [0.2, 0.25) is 0 Å². The van der Waals surface area contributed by atoms with E-state index in [2.05, 4.69) is 41.2 Å². The maximum absolute atomic E-state index is 4.36. The van der Waals surface area contributed by atoms with E-state index < -0.39 is 0 Å². The fourth-order valence-electron chi connectivity index (χ4n) is 2.43. The van der Waals surface area contributed by atoms with Gasteiger partial charge in [-0.1, -0.05) is 6.92 Å². The van der Waals surface area contributed by atoms with Gasteiger partial charge in [0.05, 0.1) is 0 Å². The molecule has 0 bridgehead atoms. The number of aromatic nitrogens is 1. The Hall–Kier alpha value is -1.25. The van der Waals surface area contributed by atoms with E-state index in [1.54, 1.807) is 0 Å². The van der Waals surface area contributed by atoms with Gasteiger partial charge in [-0.25, -0.2) is 4.98 Å². The Kier molecular flexibility index (Phi) is 4.24. The lowest BCUT2D eigenvalue weighted by molar-refractivity contribution is 0.485. The second kappa shape index (κ2) is 5.89. The van der Waals surface area contributed by atoms with Crippen molar-refractivity contribution in [1.82, 2.24) is 4.98 Å². The first-order valence-electron chi connectivity index (χ1n) is 6.78. The van der Waals surface area contributed by atoms with E-state index in [1.807, 2.05) is 6.20 Å². The molecule has 1 saturated heterocycles. The maximum Gasteiger partial charge on any atom is 0.127 e. The van der Waals surface area contributed by atoms with Crippen LogP contribution in [0.15, 0.2) is 18.3 Å². The van der Waals surface area contributed by atoms with E-state index in [-0.39, 0.29) is 0 Å². The smallest absolute Gasteiger partial charge is 0.127 e. The minimum atomic E-state index is 0.658. The number of nitrogens with one attached hydrogen (secondary N) is 1. The first kappa shape index (κ1) is 12.2. The zero-order chi connectivity index (χ0) is 12.1. The minimum absolute atomic E-state index is 0.658. The highest BCUT2D eigenvalue weighted by Gasteiger charge is 2.18. The average Bonchev–Trinajstić information content (AvgIpc) is 2.37. The lowest BCUT2D eigenvalue weighted by Gasteiger charge is -2.35. The molecule has 0 aliphatic carbocycles. The molecule has 0 amide bonds. The van der Waals surface area contributed by atoms with Gasteiger partial charge >= 0.3 is 0 Å². The minimum Gasteiger partial charge on any atom is -0.370 e. The monoisotopic (exact) mass is 233 g/mol. The van der Waals surface area contributed by atoms with Gasteiger partial charge in [0.15, 0.2) is 0 Å². The summed E-state index contributed by atoms with van der Waals surface area (Å²) in [7, 11) is 0. The quantitative estimate of drug-likeness (QED) is 0.865. The van der Waals surface area contributed by atoms with Crippen LogP contribution in [0.3, 0.4) is 0 Å². The average molecular weight is 233 g/mol. The fourth-order valence-corrected chi connectivity index (χ4v) is 2.43. The highest BCUT2D eigenvalue weighted by molar-refractivity contribution is 5.54. The van der Waals surface area contributed by atoms with Crippen molar-refractivity contribution in [2.45, 2.75) is 45.6 Å². The van der Waals surface area contributed by atoms with Crippen LogP contribution in [0.1, 0.15) is 39.5 Å². The summed E-state index contributed by atoms with van der Waals surface area (Å²) in [5, 5.41) is 3.35. The van der Waals surface area contributed by atoms with Crippen molar-refractivity contribution in [3.63, 3.8) is 0 Å². The third-order valence-corrected chi connectivity index (χ3v) is 3.43. The summed E-state index contributed by atoms with van der Waals surface area (Å²) in [4.78, 5) is 6.86. The largest absolute Gasteiger partial charge is 0.370 e. The molecule has 2 heterocycles. The molecular weight excluding hydrogens is 210 g/mol. The van der Waals surface area contributed by atoms with Crippen LogP contribution in [0.5, 0.6) is 0 Å². The summed E-state index contributed by atoms with van der Waals surface area (Å²) in [6.45, 7) is 6.66. The number of pyridine rings is 1. The second-order valence-corrected chi connectivity index (χ2v) is 4.86. The summed E-state index contributed by atoms with van der Waals surface area (Å²) < 4.78 is 0. The van der Waals surface area contributed by atoms with Gasteiger partial charge in [-0.2, -0.15) is 0 Å². The predicted octanol–water partition coefficient (Wildman–Crippen LogP) is 3.28. The van der Waals surface area contributed by atoms with Crippen LogP contribution in [-0.2, 0) is 0 Å². The number of piperidine rings is 1. The summed E-state index contributed by atoms with van der Waals surface area (Å²) in [5.41, 5.74) is 1.31. The first-order chi connectivity index (χ1) is 8.31. The van der Waals surface area contributed by atoms with Crippen LogP contribution in [0.25, 0.3) is 0 Å². The number of nitrogens with zero attached hydrogens (tertiary/aromatic N) is 2. The Morgan fingerprint density at radius 3 is 3.12 bits per heavy atom. The molecule has 0 radical (unpaired) electrons. The molecular formula is C14H23N3. The van der Waals surface area contributed by atoms with E-state index in [4.69, 9.17) is 0 Å². The summed E-state index contributed by atoms with van der Waals surface area (Å²) in [5.74, 6) is 1.00. The van der Waals surface area contributed by atoms with Crippen molar-refractivity contribution in [2.24, 2.45) is 0 Å². The zero-order valence-electron chi connectivity index (χ0n) is 10.9. The third kappa shape index (κ3) is 3.11. The molecule has 1 fully saturated rings. The van der Waals surface area contributed by atoms with E-state index in [9.17, 15) is 0 Å². The van der Waals surface area contributed by atoms with E-state index in [1.165, 1.54) is 31.5 Å². The van der Waals surface area contributed by atoms with Crippen molar-refractivity contribution < 1.29 is 0 Å². The summed E-state index contributed by atoms with van der Waals surface area (Å²) >= 11 is 0. The zero-order valence-corrected chi connectivity index (χ0v) is 10.9. The van der Waals surface area contributed by atoms with Gasteiger partial charge in [0.1, 0.15) is 5.82 Å². The van der Waals surface area contributed by atoms with Crippen molar-refractivity contribution >= 4 is 11.5 Å². The first-order valence-corrected chi connectivity index (χ1v) is 6.78. The molecule has 1 aliphatic rings. The lowest BCUT2D eigenvalue weighted by atomic mass is 10.0. The van der Waals surface area contributed by atoms with Crippen LogP contribution in [-0.4, -0.2) is 24.1 Å². The third-order valence-electron chi connectivity index (χ3n) is 3.43. The van der Waals surface area contributed by atoms with Gasteiger partial charge < -0.3 is 10.2 Å². The molecule has 2 rings (SSSR count). The Labute approximate surface area is 104 Å². The standard InChI is InChI=1S/C14H23N3/c1-3-8-15-14-11-13(7-9-16-14)17-10-5-4-6-12(17)2/h7,9,11-12H,3-6,8,10H2,1-2H3,(H,15,16). The van der Waals surface area contributed by atoms with Crippen molar-refractivity contribution in [2.75, 3.05) is 23.3 Å². The molecule has 1 unspecified atom stereocenters. The molecule has 17 heavy (non-hydrogen) atoms. The molecule has 3 heteroatoms. The lowest BCUT2D eigenvalue weighted by Crippen LogP contribution is -2.37. The van der Waals surface area contributed by atoms with Crippen LogP contribution < -0.4 is 10.2 Å². The SMILES string of the molecule is CCCNc1cc(N2CCCCC2C)ccn1. The molecule has 0 aromatic carbocycles.